The lowest BCUT2D eigenvalue weighted by Gasteiger charge is -2.31. The number of halogens is 2. The van der Waals surface area contributed by atoms with Crippen LogP contribution >= 0.6 is 11.3 Å². The molecule has 1 aliphatic rings. The van der Waals surface area contributed by atoms with Gasteiger partial charge >= 0.3 is 0 Å². The van der Waals surface area contributed by atoms with Crippen LogP contribution in [0, 0.1) is 18.6 Å². The average Bonchev–Trinajstić information content (AvgIpc) is 3.15. The number of carbonyl (C=O) groups excluding carboxylic acids is 1. The molecule has 1 fully saturated rings. The minimum absolute atomic E-state index is 0.0776. The molecule has 6 nitrogen and oxygen atoms in total. The van der Waals surface area contributed by atoms with Crippen LogP contribution in [0.15, 0.2) is 41.3 Å². The number of hydrogen-bond acceptors (Lipinski definition) is 6. The van der Waals surface area contributed by atoms with E-state index in [0.717, 1.165) is 23.0 Å². The van der Waals surface area contributed by atoms with Crippen molar-refractivity contribution in [1.82, 2.24) is 9.88 Å². The van der Waals surface area contributed by atoms with Gasteiger partial charge in [0.15, 0.2) is 15.7 Å². The summed E-state index contributed by atoms with van der Waals surface area (Å²) >= 11 is 1.08. The molecule has 0 bridgehead atoms. The summed E-state index contributed by atoms with van der Waals surface area (Å²) in [5.41, 5.74) is 1.04. The van der Waals surface area contributed by atoms with Gasteiger partial charge in [-0.25, -0.2) is 17.2 Å². The van der Waals surface area contributed by atoms with E-state index in [9.17, 15) is 22.0 Å². The van der Waals surface area contributed by atoms with Crippen LogP contribution in [0.4, 0.5) is 8.78 Å². The summed E-state index contributed by atoms with van der Waals surface area (Å²) in [6, 6.07) is 8.58. The smallest absolute Gasteiger partial charge is 0.274 e. The number of benzene rings is 2. The molecule has 10 heteroatoms. The molecule has 0 N–H and O–H groups in total. The number of likely N-dealkylation sites (tertiary alicyclic amines) is 1. The molecule has 0 atom stereocenters. The van der Waals surface area contributed by atoms with Gasteiger partial charge in [-0.05, 0) is 25.1 Å². The molecule has 4 rings (SSSR count). The molecule has 0 spiro atoms. The van der Waals surface area contributed by atoms with E-state index in [1.54, 1.807) is 29.2 Å². The largest absolute Gasteiger partial charge is 0.467 e. The van der Waals surface area contributed by atoms with Crippen LogP contribution in [0.1, 0.15) is 24.8 Å². The highest BCUT2D eigenvalue weighted by molar-refractivity contribution is 7.91. The number of hydrogen-bond donors (Lipinski definition) is 0. The van der Waals surface area contributed by atoms with Crippen LogP contribution in [0.25, 0.3) is 10.2 Å². The molecule has 2 aromatic carbocycles. The van der Waals surface area contributed by atoms with E-state index >= 15 is 0 Å². The number of rotatable bonds is 6. The maximum absolute atomic E-state index is 13.8. The Morgan fingerprint density at radius 3 is 2.56 bits per heavy atom. The first kappa shape index (κ1) is 22.6. The molecular formula is C22H22F2N2O4S2. The fourth-order valence-electron chi connectivity index (χ4n) is 3.60. The van der Waals surface area contributed by atoms with Gasteiger partial charge < -0.3 is 9.64 Å². The quantitative estimate of drug-likeness (QED) is 0.531. The summed E-state index contributed by atoms with van der Waals surface area (Å²) in [7, 11) is -3.52. The standard InChI is InChI=1S/C22H22F2N2O4S2/c1-14-2-4-17(5-3-14)32(28,29)11-8-20(27)26-9-6-16(7-10-26)30-22-25-21-18(24)12-15(23)13-19(21)31-22/h2-5,12-13,16H,6-11H2,1H3. The second-order valence-electron chi connectivity index (χ2n) is 7.79. The third-order valence-electron chi connectivity index (χ3n) is 5.42. The number of piperidine rings is 1. The molecule has 1 amide bonds. The molecular weight excluding hydrogens is 458 g/mol. The van der Waals surface area contributed by atoms with Crippen LogP contribution in [0.5, 0.6) is 5.19 Å². The molecule has 2 heterocycles. The Hall–Kier alpha value is -2.59. The zero-order valence-corrected chi connectivity index (χ0v) is 19.0. The van der Waals surface area contributed by atoms with Gasteiger partial charge in [-0.15, -0.1) is 0 Å². The number of carbonyl (C=O) groups is 1. The monoisotopic (exact) mass is 480 g/mol. The maximum atomic E-state index is 13.8. The van der Waals surface area contributed by atoms with Crippen molar-refractivity contribution in [1.29, 1.82) is 0 Å². The van der Waals surface area contributed by atoms with Crippen LogP contribution in [-0.2, 0) is 14.6 Å². The Morgan fingerprint density at radius 1 is 1.19 bits per heavy atom. The van der Waals surface area contributed by atoms with Gasteiger partial charge in [-0.2, -0.15) is 4.98 Å². The second kappa shape index (κ2) is 9.11. The molecule has 0 unspecified atom stereocenters. The highest BCUT2D eigenvalue weighted by Crippen LogP contribution is 2.32. The van der Waals surface area contributed by atoms with Crippen LogP contribution < -0.4 is 4.74 Å². The Bertz CT molecular complexity index is 1230. The van der Waals surface area contributed by atoms with E-state index in [4.69, 9.17) is 4.74 Å². The van der Waals surface area contributed by atoms with Gasteiger partial charge in [0.05, 0.1) is 15.3 Å². The van der Waals surface area contributed by atoms with E-state index in [1.807, 2.05) is 6.92 Å². The number of aryl methyl sites for hydroxylation is 1. The van der Waals surface area contributed by atoms with Crippen LogP contribution in [0.2, 0.25) is 0 Å². The zero-order chi connectivity index (χ0) is 22.9. The molecule has 0 radical (unpaired) electrons. The molecule has 0 aliphatic carbocycles. The molecule has 32 heavy (non-hydrogen) atoms. The third-order valence-corrected chi connectivity index (χ3v) is 8.05. The summed E-state index contributed by atoms with van der Waals surface area (Å²) in [5, 5.41) is 0.262. The van der Waals surface area contributed by atoms with Crippen molar-refractivity contribution in [2.24, 2.45) is 0 Å². The number of nitrogens with zero attached hydrogens (tertiary/aromatic N) is 2. The lowest BCUT2D eigenvalue weighted by molar-refractivity contribution is -0.132. The zero-order valence-electron chi connectivity index (χ0n) is 17.4. The first-order valence-electron chi connectivity index (χ1n) is 10.2. The van der Waals surface area contributed by atoms with Gasteiger partial charge in [0.1, 0.15) is 17.4 Å². The van der Waals surface area contributed by atoms with Gasteiger partial charge in [0.25, 0.3) is 5.19 Å². The van der Waals surface area contributed by atoms with E-state index in [0.29, 0.717) is 30.6 Å². The SMILES string of the molecule is Cc1ccc(S(=O)(=O)CCC(=O)N2CCC(Oc3nc4c(F)cc(F)cc4s3)CC2)cc1. The summed E-state index contributed by atoms with van der Waals surface area (Å²) in [6.45, 7) is 2.74. The van der Waals surface area contributed by atoms with E-state index in [1.165, 1.54) is 6.07 Å². The van der Waals surface area contributed by atoms with Crippen molar-refractivity contribution in [2.45, 2.75) is 37.2 Å². The Morgan fingerprint density at radius 2 is 1.88 bits per heavy atom. The fourth-order valence-corrected chi connectivity index (χ4v) is 5.75. The lowest BCUT2D eigenvalue weighted by atomic mass is 10.1. The van der Waals surface area contributed by atoms with Gasteiger partial charge in [-0.3, -0.25) is 4.79 Å². The average molecular weight is 481 g/mol. The van der Waals surface area contributed by atoms with E-state index in [-0.39, 0.29) is 39.8 Å². The highest BCUT2D eigenvalue weighted by atomic mass is 32.2. The predicted octanol–water partition coefficient (Wildman–Crippen LogP) is 4.12. The van der Waals surface area contributed by atoms with Crippen molar-refractivity contribution in [3.05, 3.63) is 53.6 Å². The number of fused-ring (bicyclic) bond motifs is 1. The van der Waals surface area contributed by atoms with Crippen LogP contribution in [-0.4, -0.2) is 49.2 Å². The Labute approximate surface area is 188 Å². The molecule has 0 saturated carbocycles. The van der Waals surface area contributed by atoms with Gasteiger partial charge in [0, 0.05) is 38.4 Å². The molecule has 1 aromatic heterocycles. The third kappa shape index (κ3) is 5.07. The predicted molar refractivity (Wildman–Crippen MR) is 118 cm³/mol. The fraction of sp³-hybridized carbons (Fsp3) is 0.364. The van der Waals surface area contributed by atoms with Crippen LogP contribution in [0.3, 0.4) is 0 Å². The summed E-state index contributed by atoms with van der Waals surface area (Å²) in [5.74, 6) is -1.84. The summed E-state index contributed by atoms with van der Waals surface area (Å²) in [4.78, 5) is 18.5. The molecule has 170 valence electrons. The van der Waals surface area contributed by atoms with E-state index in [2.05, 4.69) is 4.98 Å². The number of ether oxygens (including phenoxy) is 1. The summed E-state index contributed by atoms with van der Waals surface area (Å²) < 4.78 is 58.3. The molecule has 3 aromatic rings. The van der Waals surface area contributed by atoms with E-state index < -0.39 is 21.5 Å². The first-order valence-corrected chi connectivity index (χ1v) is 12.7. The summed E-state index contributed by atoms with van der Waals surface area (Å²) in [6.07, 6.45) is 0.806. The van der Waals surface area contributed by atoms with Crippen molar-refractivity contribution in [3.8, 4) is 5.19 Å². The van der Waals surface area contributed by atoms with Crippen molar-refractivity contribution >= 4 is 37.3 Å². The van der Waals surface area contributed by atoms with Crippen molar-refractivity contribution in [3.63, 3.8) is 0 Å². The van der Waals surface area contributed by atoms with Crippen molar-refractivity contribution in [2.75, 3.05) is 18.8 Å². The minimum atomic E-state index is -3.52. The van der Waals surface area contributed by atoms with Gasteiger partial charge in [0.2, 0.25) is 5.91 Å². The minimum Gasteiger partial charge on any atom is -0.467 e. The maximum Gasteiger partial charge on any atom is 0.274 e. The number of thiazole rings is 1. The van der Waals surface area contributed by atoms with Gasteiger partial charge in [-0.1, -0.05) is 29.0 Å². The normalized spacial score (nSPS) is 15.3. The molecule has 1 aliphatic heterocycles. The molecule has 1 saturated heterocycles. The number of amides is 1. The Balaban J connectivity index is 1.29. The number of sulfone groups is 1. The van der Waals surface area contributed by atoms with Crippen molar-refractivity contribution < 1.29 is 26.7 Å². The lowest BCUT2D eigenvalue weighted by Crippen LogP contribution is -2.42. The number of aromatic nitrogens is 1. The highest BCUT2D eigenvalue weighted by Gasteiger charge is 2.26. The first-order chi connectivity index (χ1) is 15.2. The second-order valence-corrected chi connectivity index (χ2v) is 10.9. The topological polar surface area (TPSA) is 76.6 Å². The Kier molecular flexibility index (Phi) is 6.43.